The number of fused-ring (bicyclic) bond motifs is 2. The number of hydrogen-bond donors (Lipinski definition) is 2. The van der Waals surface area contributed by atoms with Crippen LogP contribution in [0.1, 0.15) is 28.9 Å². The summed E-state index contributed by atoms with van der Waals surface area (Å²) in [5.74, 6) is -1.24. The summed E-state index contributed by atoms with van der Waals surface area (Å²) in [6.07, 6.45) is -2.94. The van der Waals surface area contributed by atoms with E-state index in [1.54, 1.807) is 5.38 Å². The Hall–Kier alpha value is -3.34. The van der Waals surface area contributed by atoms with Crippen molar-refractivity contribution in [1.82, 2.24) is 14.1 Å². The predicted octanol–water partition coefficient (Wildman–Crippen LogP) is 3.82. The molecule has 0 spiro atoms. The van der Waals surface area contributed by atoms with Crippen molar-refractivity contribution in [1.29, 1.82) is 0 Å². The fraction of sp³-hybridized carbons (Fsp3) is 0.250. The summed E-state index contributed by atoms with van der Waals surface area (Å²) < 4.78 is 42.2. The summed E-state index contributed by atoms with van der Waals surface area (Å²) in [5, 5.41) is 13.0. The lowest BCUT2D eigenvalue weighted by Gasteiger charge is -2.09. The van der Waals surface area contributed by atoms with E-state index < -0.39 is 29.0 Å². The average Bonchev–Trinajstić information content (AvgIpc) is 3.28. The second-order valence-corrected chi connectivity index (χ2v) is 8.30. The van der Waals surface area contributed by atoms with Crippen LogP contribution in [0.2, 0.25) is 0 Å². The second kappa shape index (κ2) is 6.58. The largest absolute Gasteiger partial charge is 0.477 e. The first kappa shape index (κ1) is 19.6. The van der Waals surface area contributed by atoms with E-state index in [4.69, 9.17) is 0 Å². The van der Waals surface area contributed by atoms with E-state index >= 15 is 0 Å². The van der Waals surface area contributed by atoms with Crippen molar-refractivity contribution in [2.45, 2.75) is 25.6 Å². The number of halogens is 3. The van der Waals surface area contributed by atoms with Gasteiger partial charge in [-0.3, -0.25) is 4.79 Å². The highest BCUT2D eigenvalue weighted by molar-refractivity contribution is 7.09. The molecular formula is C20H14F3N3O4S. The summed E-state index contributed by atoms with van der Waals surface area (Å²) in [4.78, 5) is 40.6. The number of nitrogens with one attached hydrogen (secondary N) is 1. The van der Waals surface area contributed by atoms with Crippen LogP contribution in [0.5, 0.6) is 0 Å². The molecule has 5 rings (SSSR count). The number of carbonyl (C=O) groups is 1. The molecule has 31 heavy (non-hydrogen) atoms. The quantitative estimate of drug-likeness (QED) is 0.495. The average molecular weight is 449 g/mol. The lowest BCUT2D eigenvalue weighted by Crippen LogP contribution is -2.34. The maximum absolute atomic E-state index is 13.4. The number of aromatic amines is 1. The summed E-state index contributed by atoms with van der Waals surface area (Å²) in [6, 6.07) is 2.86. The van der Waals surface area contributed by atoms with Gasteiger partial charge in [-0.1, -0.05) is 0 Å². The molecule has 1 aromatic carbocycles. The minimum absolute atomic E-state index is 0.116. The normalized spacial score (nSPS) is 14.5. The van der Waals surface area contributed by atoms with Crippen LogP contribution in [0, 0.1) is 5.92 Å². The Balaban J connectivity index is 1.95. The molecule has 1 aliphatic rings. The summed E-state index contributed by atoms with van der Waals surface area (Å²) in [5.41, 5.74) is -2.93. The molecular weight excluding hydrogens is 435 g/mol. The first-order chi connectivity index (χ1) is 14.7. The number of alkyl halides is 3. The number of carboxylic acids is 1. The van der Waals surface area contributed by atoms with Crippen molar-refractivity contribution in [3.63, 3.8) is 0 Å². The zero-order chi connectivity index (χ0) is 22.1. The second-order valence-electron chi connectivity index (χ2n) is 7.56. The van der Waals surface area contributed by atoms with Crippen LogP contribution in [0.15, 0.2) is 38.5 Å². The van der Waals surface area contributed by atoms with Gasteiger partial charge >= 0.3 is 17.8 Å². The molecule has 0 bridgehead atoms. The smallest absolute Gasteiger partial charge is 0.416 e. The number of rotatable bonds is 4. The molecule has 0 saturated heterocycles. The van der Waals surface area contributed by atoms with Crippen LogP contribution in [-0.4, -0.2) is 25.2 Å². The van der Waals surface area contributed by atoms with Crippen molar-refractivity contribution in [3.8, 4) is 5.69 Å². The molecule has 0 atom stereocenters. The summed E-state index contributed by atoms with van der Waals surface area (Å²) in [6.45, 7) is 0.275. The van der Waals surface area contributed by atoms with Crippen LogP contribution in [0.25, 0.3) is 27.5 Å². The number of nitrogens with zero attached hydrogens (tertiary/aromatic N) is 2. The maximum Gasteiger partial charge on any atom is 0.416 e. The number of thiophene rings is 1. The number of hydrogen-bond acceptors (Lipinski definition) is 4. The lowest BCUT2D eigenvalue weighted by atomic mass is 10.1. The van der Waals surface area contributed by atoms with E-state index in [1.165, 1.54) is 27.4 Å². The SMILES string of the molecule is O=C(O)c1c(-n2c(=O)[nH]c3cscc3c2=O)c2cc(C(F)(F)F)ccc2n1CC1CC1. The van der Waals surface area contributed by atoms with Crippen molar-refractivity contribution < 1.29 is 23.1 Å². The molecule has 3 heterocycles. The molecule has 0 amide bonds. The van der Waals surface area contributed by atoms with Gasteiger partial charge in [0.25, 0.3) is 5.56 Å². The van der Waals surface area contributed by atoms with Crippen LogP contribution in [0.3, 0.4) is 0 Å². The van der Waals surface area contributed by atoms with Gasteiger partial charge in [0.1, 0.15) is 0 Å². The third-order valence-electron chi connectivity index (χ3n) is 5.47. The first-order valence-corrected chi connectivity index (χ1v) is 10.3. The maximum atomic E-state index is 13.4. The van der Waals surface area contributed by atoms with Gasteiger partial charge in [0.05, 0.1) is 27.7 Å². The van der Waals surface area contributed by atoms with Gasteiger partial charge in [-0.25, -0.2) is 14.2 Å². The lowest BCUT2D eigenvalue weighted by molar-refractivity contribution is -0.137. The Kier molecular flexibility index (Phi) is 4.16. The van der Waals surface area contributed by atoms with Crippen LogP contribution in [-0.2, 0) is 12.7 Å². The molecule has 2 N–H and O–H groups in total. The van der Waals surface area contributed by atoms with Crippen LogP contribution in [0.4, 0.5) is 13.2 Å². The van der Waals surface area contributed by atoms with E-state index in [1.807, 2.05) is 0 Å². The molecule has 11 heteroatoms. The molecule has 0 radical (unpaired) electrons. The van der Waals surface area contributed by atoms with Crippen molar-refractivity contribution in [2.24, 2.45) is 5.92 Å². The number of carboxylic acid groups (broad SMARTS) is 1. The minimum atomic E-state index is -4.68. The third-order valence-corrected chi connectivity index (χ3v) is 6.21. The highest BCUT2D eigenvalue weighted by atomic mass is 32.1. The Labute approximate surface area is 175 Å². The molecule has 160 valence electrons. The summed E-state index contributed by atoms with van der Waals surface area (Å²) >= 11 is 1.17. The van der Waals surface area contributed by atoms with Gasteiger partial charge in [-0.05, 0) is 37.0 Å². The Morgan fingerprint density at radius 2 is 1.94 bits per heavy atom. The molecule has 1 saturated carbocycles. The fourth-order valence-electron chi connectivity index (χ4n) is 3.85. The first-order valence-electron chi connectivity index (χ1n) is 9.35. The van der Waals surface area contributed by atoms with Crippen molar-refractivity contribution in [3.05, 3.63) is 61.1 Å². The predicted molar refractivity (Wildman–Crippen MR) is 108 cm³/mol. The standard InChI is InChI=1S/C20H14F3N3O4S/c21-20(22,23)10-3-4-14-11(5-10)15(16(18(28)29)25(14)6-9-1-2-9)26-17(27)12-7-31-8-13(12)24-19(26)30/h3-5,7-9H,1-2,6H2,(H,24,30)(H,28,29). The van der Waals surface area contributed by atoms with Crippen LogP contribution < -0.4 is 11.2 Å². The monoisotopic (exact) mass is 449 g/mol. The van der Waals surface area contributed by atoms with E-state index in [2.05, 4.69) is 4.98 Å². The van der Waals surface area contributed by atoms with Crippen molar-refractivity contribution in [2.75, 3.05) is 0 Å². The van der Waals surface area contributed by atoms with Gasteiger partial charge < -0.3 is 14.7 Å². The van der Waals surface area contributed by atoms with E-state index in [9.17, 15) is 32.7 Å². The highest BCUT2D eigenvalue weighted by Crippen LogP contribution is 2.38. The third kappa shape index (κ3) is 3.07. The van der Waals surface area contributed by atoms with Gasteiger partial charge in [-0.2, -0.15) is 13.2 Å². The molecule has 4 aromatic rings. The molecule has 7 nitrogen and oxygen atoms in total. The number of H-pyrrole nitrogens is 1. The number of aromatic carboxylic acids is 1. The zero-order valence-electron chi connectivity index (χ0n) is 15.7. The Bertz CT molecular complexity index is 1490. The van der Waals surface area contributed by atoms with Crippen LogP contribution >= 0.6 is 11.3 Å². The molecule has 1 fully saturated rings. The van der Waals surface area contributed by atoms with Gasteiger partial charge in [0.15, 0.2) is 5.69 Å². The van der Waals surface area contributed by atoms with E-state index in [0.717, 1.165) is 25.0 Å². The highest BCUT2D eigenvalue weighted by Gasteiger charge is 2.34. The van der Waals surface area contributed by atoms with Gasteiger partial charge in [-0.15, -0.1) is 11.3 Å². The van der Waals surface area contributed by atoms with Gasteiger partial charge in [0, 0.05) is 22.7 Å². The number of aromatic nitrogens is 3. The Morgan fingerprint density at radius 3 is 2.58 bits per heavy atom. The zero-order valence-corrected chi connectivity index (χ0v) is 16.5. The summed E-state index contributed by atoms with van der Waals surface area (Å²) in [7, 11) is 0. The van der Waals surface area contributed by atoms with E-state index in [-0.39, 0.29) is 45.6 Å². The Morgan fingerprint density at radius 1 is 1.19 bits per heavy atom. The molecule has 0 aliphatic heterocycles. The fourth-order valence-corrected chi connectivity index (χ4v) is 4.60. The topological polar surface area (TPSA) is 97.1 Å². The molecule has 1 aliphatic carbocycles. The molecule has 3 aromatic heterocycles. The molecule has 0 unspecified atom stereocenters. The minimum Gasteiger partial charge on any atom is -0.477 e. The van der Waals surface area contributed by atoms with Crippen molar-refractivity contribution >= 4 is 39.1 Å². The van der Waals surface area contributed by atoms with Gasteiger partial charge in [0.2, 0.25) is 0 Å². The van der Waals surface area contributed by atoms with E-state index in [0.29, 0.717) is 4.57 Å². The number of benzene rings is 1.